The van der Waals surface area contributed by atoms with E-state index in [2.05, 4.69) is 10.3 Å². The largest absolute Gasteiger partial charge is 0.381 e. The number of amidine groups is 1. The lowest BCUT2D eigenvalue weighted by Crippen LogP contribution is -2.35. The van der Waals surface area contributed by atoms with Crippen molar-refractivity contribution in [1.82, 2.24) is 9.55 Å². The molecule has 3 heterocycles. The molecule has 6 heteroatoms. The maximum atomic E-state index is 12.8. The number of rotatable bonds is 1. The molecular weight excluding hydrogens is 280 g/mol. The number of ether oxygens (including phenoxy) is 1. The molecule has 1 saturated heterocycles. The van der Waals surface area contributed by atoms with E-state index in [1.807, 2.05) is 27.7 Å². The van der Waals surface area contributed by atoms with Crippen LogP contribution in [0.3, 0.4) is 0 Å². The van der Waals surface area contributed by atoms with Crippen LogP contribution in [0.25, 0.3) is 0 Å². The fourth-order valence-electron chi connectivity index (χ4n) is 2.96. The minimum absolute atomic E-state index is 0.0228. The number of fused-ring (bicyclic) bond motifs is 1. The Morgan fingerprint density at radius 1 is 1.36 bits per heavy atom. The van der Waals surface area contributed by atoms with Gasteiger partial charge in [0, 0.05) is 24.7 Å². The minimum atomic E-state index is -0.278. The normalized spacial score (nSPS) is 24.4. The number of hydrogen-bond acceptors (Lipinski definition) is 4. The highest BCUT2D eigenvalue weighted by atomic mass is 16.5. The number of anilines is 1. The molecule has 6 nitrogen and oxygen atoms in total. The summed E-state index contributed by atoms with van der Waals surface area (Å²) in [6.07, 6.45) is 3.50. The molecule has 0 aromatic carbocycles. The van der Waals surface area contributed by atoms with Crippen molar-refractivity contribution in [3.05, 3.63) is 22.2 Å². The average molecular weight is 304 g/mol. The first-order valence-corrected chi connectivity index (χ1v) is 7.92. The van der Waals surface area contributed by atoms with Gasteiger partial charge in [-0.1, -0.05) is 6.92 Å². The van der Waals surface area contributed by atoms with E-state index in [9.17, 15) is 4.79 Å². The number of hydrogen-bond donors (Lipinski definition) is 1. The van der Waals surface area contributed by atoms with Crippen LogP contribution in [0.2, 0.25) is 0 Å². The van der Waals surface area contributed by atoms with Crippen LogP contribution in [-0.2, 0) is 10.3 Å². The molecule has 1 aromatic heterocycles. The van der Waals surface area contributed by atoms with Gasteiger partial charge in [0.15, 0.2) is 0 Å². The Bertz CT molecular complexity index is 651. The van der Waals surface area contributed by atoms with Crippen LogP contribution in [0, 0.1) is 0 Å². The summed E-state index contributed by atoms with van der Waals surface area (Å²) in [5.74, 6) is 1.48. The molecule has 0 bridgehead atoms. The average Bonchev–Trinajstić information content (AvgIpc) is 2.76. The van der Waals surface area contributed by atoms with E-state index in [-0.39, 0.29) is 23.1 Å². The second kappa shape index (κ2) is 5.50. The van der Waals surface area contributed by atoms with Gasteiger partial charge in [-0.05, 0) is 33.6 Å². The molecule has 0 saturated carbocycles. The predicted octanol–water partition coefficient (Wildman–Crippen LogP) is 2.10. The van der Waals surface area contributed by atoms with E-state index in [1.165, 1.54) is 0 Å². The van der Waals surface area contributed by atoms with E-state index in [0.29, 0.717) is 5.82 Å². The van der Waals surface area contributed by atoms with Gasteiger partial charge < -0.3 is 10.1 Å². The molecule has 3 rings (SSSR count). The Morgan fingerprint density at radius 3 is 2.68 bits per heavy atom. The molecule has 1 atom stereocenters. The van der Waals surface area contributed by atoms with Crippen LogP contribution in [0.5, 0.6) is 0 Å². The summed E-state index contributed by atoms with van der Waals surface area (Å²) in [6.45, 7) is 9.56. The third-order valence-electron chi connectivity index (χ3n) is 4.33. The van der Waals surface area contributed by atoms with Gasteiger partial charge in [-0.25, -0.2) is 4.98 Å². The second-order valence-corrected chi connectivity index (χ2v) is 7.06. The first-order valence-electron chi connectivity index (χ1n) is 7.92. The lowest BCUT2D eigenvalue weighted by atomic mass is 10.0. The Kier molecular flexibility index (Phi) is 3.80. The van der Waals surface area contributed by atoms with Crippen LogP contribution < -0.4 is 10.9 Å². The van der Waals surface area contributed by atoms with E-state index in [0.717, 1.165) is 37.5 Å². The molecule has 0 radical (unpaired) electrons. The van der Waals surface area contributed by atoms with Crippen LogP contribution in [0.15, 0.2) is 16.1 Å². The van der Waals surface area contributed by atoms with Crippen molar-refractivity contribution < 1.29 is 4.74 Å². The van der Waals surface area contributed by atoms with Crippen LogP contribution in [0.1, 0.15) is 52.0 Å². The first kappa shape index (κ1) is 15.2. The molecule has 0 spiro atoms. The zero-order valence-corrected chi connectivity index (χ0v) is 13.7. The quantitative estimate of drug-likeness (QED) is 0.863. The molecule has 0 amide bonds. The third-order valence-corrected chi connectivity index (χ3v) is 4.33. The number of nitrogens with zero attached hydrogens (tertiary/aromatic N) is 3. The fourth-order valence-corrected chi connectivity index (χ4v) is 2.96. The summed E-state index contributed by atoms with van der Waals surface area (Å²) in [5, 5.41) is 3.24. The highest BCUT2D eigenvalue weighted by molar-refractivity contribution is 6.05. The molecule has 22 heavy (non-hydrogen) atoms. The Balaban J connectivity index is 1.94. The van der Waals surface area contributed by atoms with Gasteiger partial charge in [0.2, 0.25) is 0 Å². The summed E-state index contributed by atoms with van der Waals surface area (Å²) < 4.78 is 7.07. The van der Waals surface area contributed by atoms with Crippen molar-refractivity contribution in [1.29, 1.82) is 0 Å². The molecular formula is C16H24N4O2. The van der Waals surface area contributed by atoms with Crippen molar-refractivity contribution in [2.24, 2.45) is 4.99 Å². The Labute approximate surface area is 130 Å². The fraction of sp³-hybridized carbons (Fsp3) is 0.688. The van der Waals surface area contributed by atoms with Gasteiger partial charge in [0.05, 0.1) is 11.6 Å². The summed E-state index contributed by atoms with van der Waals surface area (Å²) in [6, 6.07) is 0.276. The van der Waals surface area contributed by atoms with Gasteiger partial charge in [0.1, 0.15) is 18.0 Å². The van der Waals surface area contributed by atoms with Crippen molar-refractivity contribution in [2.75, 3.05) is 18.5 Å². The lowest BCUT2D eigenvalue weighted by molar-refractivity contribution is 0.0870. The molecule has 1 fully saturated rings. The van der Waals surface area contributed by atoms with Crippen LogP contribution in [0.4, 0.5) is 5.82 Å². The zero-order chi connectivity index (χ0) is 15.9. The van der Waals surface area contributed by atoms with Crippen LogP contribution >= 0.6 is 0 Å². The van der Waals surface area contributed by atoms with Crippen molar-refractivity contribution in [3.8, 4) is 0 Å². The first-order chi connectivity index (χ1) is 10.4. The summed E-state index contributed by atoms with van der Waals surface area (Å²) in [4.78, 5) is 22.0. The van der Waals surface area contributed by atoms with Gasteiger partial charge in [0.25, 0.3) is 5.56 Å². The summed E-state index contributed by atoms with van der Waals surface area (Å²) >= 11 is 0. The molecule has 1 aromatic rings. The molecule has 1 N–H and O–H groups in total. The molecule has 2 aliphatic rings. The van der Waals surface area contributed by atoms with Gasteiger partial charge in [-0.15, -0.1) is 0 Å². The highest BCUT2D eigenvalue weighted by Crippen LogP contribution is 2.29. The number of aromatic nitrogens is 2. The van der Waals surface area contributed by atoms with E-state index in [4.69, 9.17) is 9.73 Å². The highest BCUT2D eigenvalue weighted by Gasteiger charge is 2.32. The third kappa shape index (κ3) is 2.67. The predicted molar refractivity (Wildman–Crippen MR) is 86.8 cm³/mol. The van der Waals surface area contributed by atoms with Gasteiger partial charge in [-0.3, -0.25) is 14.4 Å². The summed E-state index contributed by atoms with van der Waals surface area (Å²) in [5.41, 5.74) is 0.470. The molecule has 120 valence electrons. The van der Waals surface area contributed by atoms with E-state index < -0.39 is 0 Å². The van der Waals surface area contributed by atoms with Gasteiger partial charge >= 0.3 is 0 Å². The van der Waals surface area contributed by atoms with Crippen molar-refractivity contribution in [2.45, 2.75) is 58.0 Å². The SMILES string of the molecule is CC1C(=NC2CCOCC2)Nc2ncn(C(C)(C)C)c(=O)c21. The molecule has 2 aliphatic heterocycles. The maximum Gasteiger partial charge on any atom is 0.259 e. The zero-order valence-electron chi connectivity index (χ0n) is 13.7. The number of aliphatic imine (C=N–C) groups is 1. The van der Waals surface area contributed by atoms with Crippen LogP contribution in [-0.4, -0.2) is 34.6 Å². The molecule has 0 aliphatic carbocycles. The van der Waals surface area contributed by atoms with E-state index in [1.54, 1.807) is 10.9 Å². The lowest BCUT2D eigenvalue weighted by Gasteiger charge is -2.22. The standard InChI is InChI=1S/C16H24N4O2/c1-10-12-14(17-9-20(15(12)21)16(2,3)4)19-13(10)18-11-5-7-22-8-6-11/h9-11H,5-8H2,1-4H3,(H,18,19). The topological polar surface area (TPSA) is 68.5 Å². The molecule has 1 unspecified atom stereocenters. The summed E-state index contributed by atoms with van der Waals surface area (Å²) in [7, 11) is 0. The minimum Gasteiger partial charge on any atom is -0.381 e. The van der Waals surface area contributed by atoms with Crippen molar-refractivity contribution in [3.63, 3.8) is 0 Å². The Hall–Kier alpha value is -1.69. The smallest absolute Gasteiger partial charge is 0.259 e. The maximum absolute atomic E-state index is 12.8. The van der Waals surface area contributed by atoms with Gasteiger partial charge in [-0.2, -0.15) is 0 Å². The van der Waals surface area contributed by atoms with Crippen molar-refractivity contribution >= 4 is 11.7 Å². The Morgan fingerprint density at radius 2 is 2.05 bits per heavy atom. The monoisotopic (exact) mass is 304 g/mol. The van der Waals surface area contributed by atoms with E-state index >= 15 is 0 Å². The second-order valence-electron chi connectivity index (χ2n) is 7.06. The number of nitrogens with one attached hydrogen (secondary N) is 1.